The zero-order valence-corrected chi connectivity index (χ0v) is 21.9. The van der Waals surface area contributed by atoms with Crippen molar-refractivity contribution in [3.05, 3.63) is 72.8 Å². The van der Waals surface area contributed by atoms with Crippen LogP contribution in [0.15, 0.2) is 82.6 Å². The Labute approximate surface area is 227 Å². The van der Waals surface area contributed by atoms with E-state index in [-0.39, 0.29) is 71.0 Å². The van der Waals surface area contributed by atoms with Gasteiger partial charge in [-0.2, -0.15) is 0 Å². The molecule has 8 heteroatoms. The first-order chi connectivity index (χ1) is 18.5. The highest BCUT2D eigenvalue weighted by Gasteiger charge is 2.60. The molecule has 8 atom stereocenters. The predicted molar refractivity (Wildman–Crippen MR) is 145 cm³/mol. The van der Waals surface area contributed by atoms with E-state index in [2.05, 4.69) is 24.3 Å². The molecular formula is C30H24N2O4S2. The Morgan fingerprint density at radius 1 is 0.474 bits per heavy atom. The summed E-state index contributed by atoms with van der Waals surface area (Å²) in [4.78, 5) is 57.0. The van der Waals surface area contributed by atoms with Gasteiger partial charge in [0.25, 0.3) is 0 Å². The van der Waals surface area contributed by atoms with Gasteiger partial charge >= 0.3 is 0 Å². The van der Waals surface area contributed by atoms with Crippen molar-refractivity contribution in [2.45, 2.75) is 22.6 Å². The maximum atomic E-state index is 13.1. The minimum absolute atomic E-state index is 0.0609. The summed E-state index contributed by atoms with van der Waals surface area (Å²) in [5.74, 6) is -0.187. The minimum Gasteiger partial charge on any atom is -0.274 e. The molecule has 4 fully saturated rings. The first-order valence-electron chi connectivity index (χ1n) is 13.2. The minimum atomic E-state index is -0.192. The van der Waals surface area contributed by atoms with Crippen molar-refractivity contribution >= 4 is 56.6 Å². The monoisotopic (exact) mass is 540 g/mol. The van der Waals surface area contributed by atoms with Crippen LogP contribution in [0.5, 0.6) is 0 Å². The van der Waals surface area contributed by atoms with Crippen LogP contribution < -0.4 is 9.80 Å². The molecule has 2 aromatic rings. The predicted octanol–water partition coefficient (Wildman–Crippen LogP) is 5.11. The Hall–Kier alpha value is -3.10. The van der Waals surface area contributed by atoms with E-state index in [4.69, 9.17) is 0 Å². The number of allylic oxidation sites excluding steroid dienone is 4. The summed E-state index contributed by atoms with van der Waals surface area (Å²) in [5, 5.41) is 0. The highest BCUT2D eigenvalue weighted by atomic mass is 33.1. The van der Waals surface area contributed by atoms with E-state index in [0.717, 1.165) is 22.6 Å². The second kappa shape index (κ2) is 8.20. The summed E-state index contributed by atoms with van der Waals surface area (Å²) < 4.78 is 0. The van der Waals surface area contributed by atoms with Crippen molar-refractivity contribution < 1.29 is 19.2 Å². The third-order valence-electron chi connectivity index (χ3n) is 9.36. The number of fused-ring (bicyclic) bond motifs is 10. The molecule has 190 valence electrons. The van der Waals surface area contributed by atoms with Gasteiger partial charge in [0.05, 0.1) is 35.0 Å². The summed E-state index contributed by atoms with van der Waals surface area (Å²) in [6.07, 6.45) is 10.3. The Morgan fingerprint density at radius 2 is 0.763 bits per heavy atom. The van der Waals surface area contributed by atoms with Crippen LogP contribution in [0.2, 0.25) is 0 Å². The van der Waals surface area contributed by atoms with Gasteiger partial charge in [-0.05, 0) is 85.0 Å². The molecule has 2 saturated heterocycles. The van der Waals surface area contributed by atoms with Crippen molar-refractivity contribution in [1.82, 2.24) is 0 Å². The molecule has 6 nitrogen and oxygen atoms in total. The molecule has 8 rings (SSSR count). The standard InChI is InChI=1S/C30H24N2O4S2/c33-27-23-15-1-2-16(13-15)24(23)28(34)31(27)19-5-9-21(10-6-19)37-38-22-11-7-20(8-12-22)32-29(35)25-17-3-4-18(14-17)26(25)30(32)36/h1-12,15-18,23-26H,13-14H2/t15-,16-,17-,18+,23-,24+,25-,26+/m0/s1. The fraction of sp³-hybridized carbons (Fsp3) is 0.333. The van der Waals surface area contributed by atoms with Crippen LogP contribution >= 0.6 is 21.6 Å². The van der Waals surface area contributed by atoms with Gasteiger partial charge in [-0.15, -0.1) is 0 Å². The lowest BCUT2D eigenvalue weighted by Gasteiger charge is -2.18. The van der Waals surface area contributed by atoms with Crippen LogP contribution in [0.4, 0.5) is 11.4 Å². The lowest BCUT2D eigenvalue weighted by molar-refractivity contribution is -0.124. The quantitative estimate of drug-likeness (QED) is 0.298. The van der Waals surface area contributed by atoms with E-state index in [1.165, 1.54) is 9.80 Å². The Morgan fingerprint density at radius 3 is 1.05 bits per heavy atom. The Kier molecular flexibility index (Phi) is 4.93. The van der Waals surface area contributed by atoms with Gasteiger partial charge in [0.15, 0.2) is 0 Å². The van der Waals surface area contributed by atoms with Crippen LogP contribution in [0, 0.1) is 47.3 Å². The van der Waals surface area contributed by atoms with E-state index in [0.29, 0.717) is 11.4 Å². The molecule has 0 aromatic heterocycles. The molecular weight excluding hydrogens is 516 g/mol. The molecule has 2 aromatic carbocycles. The van der Waals surface area contributed by atoms with Crippen molar-refractivity contribution in [1.29, 1.82) is 0 Å². The second-order valence-corrected chi connectivity index (χ2v) is 13.5. The molecule has 2 saturated carbocycles. The number of rotatable bonds is 5. The molecule has 2 heterocycles. The first-order valence-corrected chi connectivity index (χ1v) is 15.3. The zero-order chi connectivity index (χ0) is 25.7. The molecule has 4 bridgehead atoms. The number of amides is 4. The second-order valence-electron chi connectivity index (χ2n) is 11.2. The van der Waals surface area contributed by atoms with Crippen LogP contribution in [0.1, 0.15) is 12.8 Å². The smallest absolute Gasteiger partial charge is 0.238 e. The van der Waals surface area contributed by atoms with Crippen molar-refractivity contribution in [3.63, 3.8) is 0 Å². The van der Waals surface area contributed by atoms with Crippen molar-refractivity contribution in [2.24, 2.45) is 47.3 Å². The largest absolute Gasteiger partial charge is 0.274 e. The maximum absolute atomic E-state index is 13.1. The van der Waals surface area contributed by atoms with Crippen LogP contribution in [-0.4, -0.2) is 23.6 Å². The zero-order valence-electron chi connectivity index (χ0n) is 20.3. The number of nitrogens with zero attached hydrogens (tertiary/aromatic N) is 2. The summed E-state index contributed by atoms with van der Waals surface area (Å²) in [6.45, 7) is 0. The number of hydrogen-bond donors (Lipinski definition) is 0. The van der Waals surface area contributed by atoms with Crippen molar-refractivity contribution in [3.8, 4) is 0 Å². The van der Waals surface area contributed by atoms with Gasteiger partial charge in [0.2, 0.25) is 23.6 Å². The third kappa shape index (κ3) is 3.10. The Bertz CT molecular complexity index is 1290. The average Bonchev–Trinajstić information content (AvgIpc) is 3.77. The molecule has 0 spiro atoms. The number of carbonyl (C=O) groups is 4. The number of benzene rings is 2. The SMILES string of the molecule is O=C1[C@@H]2[C@H](C(=O)N1c1ccc(SSc3ccc(N4C(=O)[C@@H]5[C@H](C4=O)[C@H]4C=C[C@H]5C4)cc3)cc1)[C@@H]1C=C[C@H]2C1. The topological polar surface area (TPSA) is 74.8 Å². The van der Waals surface area contributed by atoms with Gasteiger partial charge in [0, 0.05) is 9.79 Å². The lowest BCUT2D eigenvalue weighted by Crippen LogP contribution is -2.32. The molecule has 38 heavy (non-hydrogen) atoms. The van der Waals surface area contributed by atoms with E-state index in [1.54, 1.807) is 21.6 Å². The fourth-order valence-corrected chi connectivity index (χ4v) is 9.64. The fourth-order valence-electron chi connectivity index (χ4n) is 7.71. The van der Waals surface area contributed by atoms with Crippen LogP contribution in [0.25, 0.3) is 0 Å². The molecule has 0 N–H and O–H groups in total. The highest BCUT2D eigenvalue weighted by molar-refractivity contribution is 8.76. The molecule has 0 unspecified atom stereocenters. The summed E-state index contributed by atoms with van der Waals surface area (Å²) in [5.41, 5.74) is 1.28. The Balaban J connectivity index is 0.925. The number of hydrogen-bond acceptors (Lipinski definition) is 6. The van der Waals surface area contributed by atoms with Gasteiger partial charge in [-0.3, -0.25) is 29.0 Å². The van der Waals surface area contributed by atoms with Gasteiger partial charge in [-0.1, -0.05) is 45.9 Å². The highest BCUT2D eigenvalue weighted by Crippen LogP contribution is 2.54. The molecule has 2 aliphatic heterocycles. The summed E-state index contributed by atoms with van der Waals surface area (Å²) in [7, 11) is 3.16. The lowest BCUT2D eigenvalue weighted by atomic mass is 9.85. The van der Waals surface area contributed by atoms with E-state index >= 15 is 0 Å². The number of imide groups is 2. The van der Waals surface area contributed by atoms with Gasteiger partial charge < -0.3 is 0 Å². The molecule has 4 amide bonds. The summed E-state index contributed by atoms with van der Waals surface area (Å²) >= 11 is 0. The van der Waals surface area contributed by atoms with E-state index in [1.807, 2.05) is 48.5 Å². The third-order valence-corrected chi connectivity index (χ3v) is 11.8. The average molecular weight is 541 g/mol. The van der Waals surface area contributed by atoms with Crippen LogP contribution in [0.3, 0.4) is 0 Å². The molecule has 6 aliphatic rings. The van der Waals surface area contributed by atoms with E-state index < -0.39 is 0 Å². The van der Waals surface area contributed by atoms with Gasteiger partial charge in [0.1, 0.15) is 0 Å². The molecule has 0 radical (unpaired) electrons. The van der Waals surface area contributed by atoms with Crippen LogP contribution in [-0.2, 0) is 19.2 Å². The first kappa shape index (κ1) is 22.8. The number of anilines is 2. The van der Waals surface area contributed by atoms with E-state index in [9.17, 15) is 19.2 Å². The number of carbonyl (C=O) groups excluding carboxylic acids is 4. The van der Waals surface area contributed by atoms with Gasteiger partial charge in [-0.25, -0.2) is 0 Å². The maximum Gasteiger partial charge on any atom is 0.238 e. The molecule has 4 aliphatic carbocycles. The van der Waals surface area contributed by atoms with Crippen molar-refractivity contribution in [2.75, 3.05) is 9.80 Å². The summed E-state index contributed by atoms with van der Waals surface area (Å²) in [6, 6.07) is 15.1. The normalized spacial score (nSPS) is 35.8.